The lowest BCUT2D eigenvalue weighted by molar-refractivity contribution is -0.274. The van der Waals surface area contributed by atoms with Crippen LogP contribution in [-0.2, 0) is 16.0 Å². The van der Waals surface area contributed by atoms with Gasteiger partial charge in [0.15, 0.2) is 0 Å². The van der Waals surface area contributed by atoms with E-state index < -0.39 is 6.36 Å². The molecule has 1 aromatic carbocycles. The van der Waals surface area contributed by atoms with E-state index in [0.717, 1.165) is 16.7 Å². The van der Waals surface area contributed by atoms with Gasteiger partial charge in [0.1, 0.15) is 23.9 Å². The number of amides is 2. The summed E-state index contributed by atoms with van der Waals surface area (Å²) < 4.78 is 46.1. The molecule has 0 bridgehead atoms. The Bertz CT molecular complexity index is 1130. The van der Waals surface area contributed by atoms with Crippen LogP contribution in [0.25, 0.3) is 6.08 Å². The number of rotatable bonds is 6. The van der Waals surface area contributed by atoms with Gasteiger partial charge in [0.25, 0.3) is 0 Å². The standard InChI is InChI=1S/C24H22F3N3O4/c25-24(26,27)34-20-5-3-19(4-6-20)33-15-16-9-11-30(12-10-16)22(32)8-1-17-13-18-2-7-21(31)29-23(18)28-14-17/h1,3-6,8-9,13-14H,2,7,10-12,15H2,(H,28,29,31)/b8-1+. The van der Waals surface area contributed by atoms with Crippen molar-refractivity contribution in [3.8, 4) is 11.5 Å². The minimum Gasteiger partial charge on any atom is -0.489 e. The Labute approximate surface area is 193 Å². The molecular formula is C24H22F3N3O4. The van der Waals surface area contributed by atoms with Gasteiger partial charge in [0, 0.05) is 31.8 Å². The number of halogens is 3. The SMILES string of the molecule is O=C1CCc2cc(/C=C/C(=O)N3CC=C(COc4ccc(OC(F)(F)F)cc4)CC3)cnc2N1. The number of benzene rings is 1. The molecule has 0 saturated heterocycles. The number of ether oxygens (including phenoxy) is 2. The van der Waals surface area contributed by atoms with E-state index in [9.17, 15) is 22.8 Å². The molecule has 2 amide bonds. The van der Waals surface area contributed by atoms with Gasteiger partial charge in [-0.15, -0.1) is 13.2 Å². The fourth-order valence-corrected chi connectivity index (χ4v) is 3.59. The molecule has 1 aromatic heterocycles. The van der Waals surface area contributed by atoms with Crippen LogP contribution in [0, 0.1) is 0 Å². The van der Waals surface area contributed by atoms with Gasteiger partial charge in [-0.1, -0.05) is 6.08 Å². The van der Waals surface area contributed by atoms with E-state index in [4.69, 9.17) is 4.74 Å². The highest BCUT2D eigenvalue weighted by molar-refractivity contribution is 5.94. The van der Waals surface area contributed by atoms with E-state index in [0.29, 0.717) is 43.9 Å². The largest absolute Gasteiger partial charge is 0.573 e. The monoisotopic (exact) mass is 473 g/mol. The Morgan fingerprint density at radius 1 is 1.15 bits per heavy atom. The lowest BCUT2D eigenvalue weighted by atomic mass is 10.0. The first-order valence-corrected chi connectivity index (χ1v) is 10.7. The summed E-state index contributed by atoms with van der Waals surface area (Å²) in [5.41, 5.74) is 2.74. The van der Waals surface area contributed by atoms with Gasteiger partial charge in [0.05, 0.1) is 0 Å². The number of fused-ring (bicyclic) bond motifs is 1. The van der Waals surface area contributed by atoms with Crippen molar-refractivity contribution in [2.75, 3.05) is 25.0 Å². The molecule has 4 rings (SSSR count). The van der Waals surface area contributed by atoms with Crippen molar-refractivity contribution in [1.29, 1.82) is 0 Å². The maximum atomic E-state index is 12.5. The van der Waals surface area contributed by atoms with Crippen LogP contribution in [0.4, 0.5) is 19.0 Å². The Morgan fingerprint density at radius 2 is 1.91 bits per heavy atom. The molecule has 0 spiro atoms. The molecule has 0 aliphatic carbocycles. The number of nitrogens with zero attached hydrogens (tertiary/aromatic N) is 2. The Morgan fingerprint density at radius 3 is 2.62 bits per heavy atom. The van der Waals surface area contributed by atoms with Gasteiger partial charge in [-0.3, -0.25) is 9.59 Å². The molecule has 0 fully saturated rings. The lowest BCUT2D eigenvalue weighted by Gasteiger charge is -2.25. The van der Waals surface area contributed by atoms with Crippen molar-refractivity contribution >= 4 is 23.7 Å². The molecule has 2 aliphatic rings. The number of carbonyl (C=O) groups excluding carboxylic acids is 2. The van der Waals surface area contributed by atoms with Gasteiger partial charge >= 0.3 is 6.36 Å². The molecule has 2 aromatic rings. The van der Waals surface area contributed by atoms with Crippen molar-refractivity contribution in [3.63, 3.8) is 0 Å². The third kappa shape index (κ3) is 6.37. The van der Waals surface area contributed by atoms with Crippen molar-refractivity contribution in [2.45, 2.75) is 25.6 Å². The predicted molar refractivity (Wildman–Crippen MR) is 118 cm³/mol. The van der Waals surface area contributed by atoms with Gasteiger partial charge in [-0.25, -0.2) is 4.98 Å². The predicted octanol–water partition coefficient (Wildman–Crippen LogP) is 4.12. The van der Waals surface area contributed by atoms with E-state index in [1.165, 1.54) is 30.3 Å². The average Bonchev–Trinajstić information content (AvgIpc) is 2.81. The molecule has 34 heavy (non-hydrogen) atoms. The molecule has 3 heterocycles. The Hall–Kier alpha value is -3.82. The fraction of sp³-hybridized carbons (Fsp3) is 0.292. The number of hydrogen-bond acceptors (Lipinski definition) is 5. The van der Waals surface area contributed by atoms with Crippen LogP contribution in [0.5, 0.6) is 11.5 Å². The summed E-state index contributed by atoms with van der Waals surface area (Å²) in [7, 11) is 0. The summed E-state index contributed by atoms with van der Waals surface area (Å²) >= 11 is 0. The van der Waals surface area contributed by atoms with Gasteiger partial charge in [0.2, 0.25) is 11.8 Å². The summed E-state index contributed by atoms with van der Waals surface area (Å²) in [5.74, 6) is 0.519. The smallest absolute Gasteiger partial charge is 0.489 e. The zero-order chi connectivity index (χ0) is 24.1. The summed E-state index contributed by atoms with van der Waals surface area (Å²) in [6, 6.07) is 7.12. The molecular weight excluding hydrogens is 451 g/mol. The Balaban J connectivity index is 1.25. The van der Waals surface area contributed by atoms with Gasteiger partial charge in [-0.05, 0) is 65.9 Å². The molecule has 0 radical (unpaired) electrons. The second-order valence-electron chi connectivity index (χ2n) is 7.86. The van der Waals surface area contributed by atoms with Crippen LogP contribution in [0.15, 0.2) is 54.3 Å². The maximum absolute atomic E-state index is 12.5. The average molecular weight is 473 g/mol. The number of nitrogens with one attached hydrogen (secondary N) is 1. The summed E-state index contributed by atoms with van der Waals surface area (Å²) in [5, 5.41) is 2.73. The van der Waals surface area contributed by atoms with E-state index in [1.54, 1.807) is 17.2 Å². The second kappa shape index (κ2) is 9.98. The summed E-state index contributed by atoms with van der Waals surface area (Å²) in [6.07, 6.45) is 3.69. The number of hydrogen-bond donors (Lipinski definition) is 1. The highest BCUT2D eigenvalue weighted by Gasteiger charge is 2.31. The zero-order valence-electron chi connectivity index (χ0n) is 18.1. The minimum atomic E-state index is -4.73. The van der Waals surface area contributed by atoms with E-state index in [1.807, 2.05) is 12.1 Å². The van der Waals surface area contributed by atoms with Crippen LogP contribution in [-0.4, -0.2) is 47.8 Å². The van der Waals surface area contributed by atoms with Crippen LogP contribution in [0.2, 0.25) is 0 Å². The first-order valence-electron chi connectivity index (χ1n) is 10.7. The quantitative estimate of drug-likeness (QED) is 0.505. The summed E-state index contributed by atoms with van der Waals surface area (Å²) in [4.78, 5) is 29.9. The topological polar surface area (TPSA) is 80.8 Å². The number of pyridine rings is 1. The maximum Gasteiger partial charge on any atom is 0.573 e. The molecule has 2 aliphatic heterocycles. The lowest BCUT2D eigenvalue weighted by Crippen LogP contribution is -2.34. The van der Waals surface area contributed by atoms with Crippen molar-refractivity contribution in [2.24, 2.45) is 0 Å². The number of aromatic nitrogens is 1. The Kier molecular flexibility index (Phi) is 6.85. The number of alkyl halides is 3. The van der Waals surface area contributed by atoms with Gasteiger partial charge in [-0.2, -0.15) is 0 Å². The molecule has 7 nitrogen and oxygen atoms in total. The summed E-state index contributed by atoms with van der Waals surface area (Å²) in [6.45, 7) is 1.26. The van der Waals surface area contributed by atoms with E-state index >= 15 is 0 Å². The van der Waals surface area contributed by atoms with Crippen LogP contribution in [0.1, 0.15) is 24.0 Å². The normalized spacial score (nSPS) is 16.0. The van der Waals surface area contributed by atoms with Crippen LogP contribution in [0.3, 0.4) is 0 Å². The number of carbonyl (C=O) groups is 2. The van der Waals surface area contributed by atoms with E-state index in [-0.39, 0.29) is 24.2 Å². The highest BCUT2D eigenvalue weighted by atomic mass is 19.4. The zero-order valence-corrected chi connectivity index (χ0v) is 18.1. The second-order valence-corrected chi connectivity index (χ2v) is 7.86. The fourth-order valence-electron chi connectivity index (χ4n) is 3.59. The number of anilines is 1. The molecule has 178 valence electrons. The molecule has 10 heteroatoms. The molecule has 0 unspecified atom stereocenters. The van der Waals surface area contributed by atoms with E-state index in [2.05, 4.69) is 15.0 Å². The first kappa shape index (κ1) is 23.3. The first-order chi connectivity index (χ1) is 16.2. The number of aryl methyl sites for hydroxylation is 1. The molecule has 0 atom stereocenters. The molecule has 0 saturated carbocycles. The minimum absolute atomic E-state index is 0.0465. The molecule has 1 N–H and O–H groups in total. The third-order valence-electron chi connectivity index (χ3n) is 5.38. The van der Waals surface area contributed by atoms with Crippen molar-refractivity contribution in [1.82, 2.24) is 9.88 Å². The highest BCUT2D eigenvalue weighted by Crippen LogP contribution is 2.25. The van der Waals surface area contributed by atoms with Crippen LogP contribution < -0.4 is 14.8 Å². The van der Waals surface area contributed by atoms with Gasteiger partial charge < -0.3 is 19.7 Å². The van der Waals surface area contributed by atoms with Crippen molar-refractivity contribution in [3.05, 3.63) is 65.4 Å². The van der Waals surface area contributed by atoms with Crippen LogP contribution >= 0.6 is 0 Å². The third-order valence-corrected chi connectivity index (χ3v) is 5.38. The van der Waals surface area contributed by atoms with Crippen molar-refractivity contribution < 1.29 is 32.2 Å².